The molecule has 0 spiro atoms. The lowest BCUT2D eigenvalue weighted by atomic mass is 9.85. The fraction of sp³-hybridized carbons (Fsp3) is 0.562. The van der Waals surface area contributed by atoms with Crippen LogP contribution in [0.1, 0.15) is 26.2 Å². The summed E-state index contributed by atoms with van der Waals surface area (Å²) in [5.74, 6) is 0.711. The van der Waals surface area contributed by atoms with Crippen LogP contribution >= 0.6 is 12.4 Å². The highest BCUT2D eigenvalue weighted by molar-refractivity contribution is 7.92. The van der Waals surface area contributed by atoms with Gasteiger partial charge in [-0.1, -0.05) is 19.1 Å². The molecule has 0 bridgehead atoms. The summed E-state index contributed by atoms with van der Waals surface area (Å²) in [4.78, 5) is 12.3. The number of carbonyl (C=O) groups is 1. The van der Waals surface area contributed by atoms with Gasteiger partial charge in [-0.25, -0.2) is 8.42 Å². The lowest BCUT2D eigenvalue weighted by Crippen LogP contribution is -2.34. The molecule has 1 aromatic carbocycles. The second-order valence-electron chi connectivity index (χ2n) is 6.26. The minimum absolute atomic E-state index is 0. The van der Waals surface area contributed by atoms with Gasteiger partial charge >= 0.3 is 0 Å². The van der Waals surface area contributed by atoms with Gasteiger partial charge < -0.3 is 10.6 Å². The van der Waals surface area contributed by atoms with Crippen LogP contribution in [0.5, 0.6) is 0 Å². The Labute approximate surface area is 150 Å². The molecule has 1 aliphatic heterocycles. The van der Waals surface area contributed by atoms with Crippen LogP contribution in [0.4, 0.5) is 11.4 Å². The van der Waals surface area contributed by atoms with Gasteiger partial charge in [-0.3, -0.25) is 9.52 Å². The summed E-state index contributed by atoms with van der Waals surface area (Å²) in [6.07, 6.45) is 3.81. The van der Waals surface area contributed by atoms with Crippen LogP contribution < -0.4 is 15.4 Å². The standard InChI is InChI=1S/C16H25N3O3S.ClH/c1-12(13-6-5-9-17-11-13)10-16(20)18-14-7-3-4-8-15(14)19-23(2,21)22;/h3-4,7-8,12-13,17,19H,5-6,9-11H2,1-2H3,(H,18,20);1H. The fourth-order valence-corrected chi connectivity index (χ4v) is 3.48. The highest BCUT2D eigenvalue weighted by atomic mass is 35.5. The summed E-state index contributed by atoms with van der Waals surface area (Å²) < 4.78 is 25.2. The van der Waals surface area contributed by atoms with Crippen LogP contribution in [-0.2, 0) is 14.8 Å². The van der Waals surface area contributed by atoms with Crippen molar-refractivity contribution in [3.63, 3.8) is 0 Å². The van der Waals surface area contributed by atoms with Crippen molar-refractivity contribution in [3.05, 3.63) is 24.3 Å². The molecule has 1 heterocycles. The number of nitrogens with one attached hydrogen (secondary N) is 3. The largest absolute Gasteiger partial charge is 0.324 e. The Morgan fingerprint density at radius 2 is 2.00 bits per heavy atom. The van der Waals surface area contributed by atoms with E-state index in [2.05, 4.69) is 22.3 Å². The number of piperidine rings is 1. The molecule has 0 aromatic heterocycles. The van der Waals surface area contributed by atoms with Crippen LogP contribution in [0.2, 0.25) is 0 Å². The highest BCUT2D eigenvalue weighted by Gasteiger charge is 2.22. The zero-order valence-electron chi connectivity index (χ0n) is 14.0. The molecule has 2 unspecified atom stereocenters. The molecule has 1 aromatic rings. The number of benzene rings is 1. The van der Waals surface area contributed by atoms with E-state index >= 15 is 0 Å². The van der Waals surface area contributed by atoms with E-state index in [1.807, 2.05) is 0 Å². The molecule has 0 saturated carbocycles. The maximum Gasteiger partial charge on any atom is 0.229 e. The number of hydrogen-bond donors (Lipinski definition) is 3. The molecule has 1 amide bonds. The Bertz CT molecular complexity index is 646. The topological polar surface area (TPSA) is 87.3 Å². The van der Waals surface area contributed by atoms with E-state index in [9.17, 15) is 13.2 Å². The van der Waals surface area contributed by atoms with Crippen molar-refractivity contribution in [2.45, 2.75) is 26.2 Å². The molecule has 0 radical (unpaired) electrons. The second-order valence-corrected chi connectivity index (χ2v) is 8.00. The molecule has 1 fully saturated rings. The quantitative estimate of drug-likeness (QED) is 0.712. The predicted molar refractivity (Wildman–Crippen MR) is 100 cm³/mol. The van der Waals surface area contributed by atoms with Gasteiger partial charge in [0.25, 0.3) is 0 Å². The maximum absolute atomic E-state index is 12.3. The van der Waals surface area contributed by atoms with Crippen LogP contribution in [0, 0.1) is 11.8 Å². The lowest BCUT2D eigenvalue weighted by molar-refractivity contribution is -0.117. The zero-order chi connectivity index (χ0) is 16.9. The normalized spacial score (nSPS) is 19.0. The first kappa shape index (κ1) is 20.7. The van der Waals surface area contributed by atoms with Crippen molar-refractivity contribution in [3.8, 4) is 0 Å². The predicted octanol–water partition coefficient (Wildman–Crippen LogP) is 2.44. The number of rotatable bonds is 6. The molecule has 8 heteroatoms. The van der Waals surface area contributed by atoms with Gasteiger partial charge in [0, 0.05) is 6.42 Å². The van der Waals surface area contributed by atoms with Crippen LogP contribution in [-0.4, -0.2) is 33.7 Å². The Morgan fingerprint density at radius 1 is 1.33 bits per heavy atom. The summed E-state index contributed by atoms with van der Waals surface area (Å²) in [6.45, 7) is 4.11. The summed E-state index contributed by atoms with van der Waals surface area (Å²) in [5, 5.41) is 6.18. The first-order valence-corrected chi connectivity index (χ1v) is 9.81. The molecule has 2 rings (SSSR count). The SMILES string of the molecule is CC(CC(=O)Nc1ccccc1NS(C)(=O)=O)C1CCCNC1.Cl. The fourth-order valence-electron chi connectivity index (χ4n) is 2.91. The van der Waals surface area contributed by atoms with E-state index in [0.717, 1.165) is 32.2 Å². The van der Waals surface area contributed by atoms with Crippen LogP contribution in [0.25, 0.3) is 0 Å². The Kier molecular flexibility index (Phi) is 7.99. The van der Waals surface area contributed by atoms with Gasteiger partial charge in [0.1, 0.15) is 0 Å². The Hall–Kier alpha value is -1.31. The minimum atomic E-state index is -3.39. The van der Waals surface area contributed by atoms with E-state index < -0.39 is 10.0 Å². The lowest BCUT2D eigenvalue weighted by Gasteiger charge is -2.28. The summed E-state index contributed by atoms with van der Waals surface area (Å²) in [7, 11) is -3.39. The first-order chi connectivity index (χ1) is 10.8. The summed E-state index contributed by atoms with van der Waals surface area (Å²) in [6, 6.07) is 6.81. The third kappa shape index (κ3) is 6.67. The van der Waals surface area contributed by atoms with Crippen molar-refractivity contribution in [1.29, 1.82) is 0 Å². The van der Waals surface area contributed by atoms with Crippen molar-refractivity contribution in [2.75, 3.05) is 29.4 Å². The third-order valence-electron chi connectivity index (χ3n) is 4.14. The molecule has 6 nitrogen and oxygen atoms in total. The smallest absolute Gasteiger partial charge is 0.229 e. The van der Waals surface area contributed by atoms with Crippen molar-refractivity contribution in [1.82, 2.24) is 5.32 Å². The van der Waals surface area contributed by atoms with Crippen molar-refractivity contribution < 1.29 is 13.2 Å². The van der Waals surface area contributed by atoms with E-state index in [0.29, 0.717) is 23.7 Å². The van der Waals surface area contributed by atoms with E-state index in [1.165, 1.54) is 0 Å². The third-order valence-corrected chi connectivity index (χ3v) is 4.73. The maximum atomic E-state index is 12.3. The van der Waals surface area contributed by atoms with Gasteiger partial charge in [-0.05, 0) is 49.9 Å². The summed E-state index contributed by atoms with van der Waals surface area (Å²) in [5.41, 5.74) is 0.868. The number of para-hydroxylation sites is 2. The monoisotopic (exact) mass is 375 g/mol. The number of anilines is 2. The molecule has 2 atom stereocenters. The molecule has 3 N–H and O–H groups in total. The highest BCUT2D eigenvalue weighted by Crippen LogP contribution is 2.25. The van der Waals surface area contributed by atoms with Crippen molar-refractivity contribution in [2.24, 2.45) is 11.8 Å². The minimum Gasteiger partial charge on any atom is -0.324 e. The number of hydrogen-bond acceptors (Lipinski definition) is 4. The van der Waals surface area contributed by atoms with Gasteiger partial charge in [-0.15, -0.1) is 12.4 Å². The molecular weight excluding hydrogens is 350 g/mol. The molecule has 24 heavy (non-hydrogen) atoms. The van der Waals surface area contributed by atoms with E-state index in [1.54, 1.807) is 24.3 Å². The van der Waals surface area contributed by atoms with Gasteiger partial charge in [0.2, 0.25) is 15.9 Å². The van der Waals surface area contributed by atoms with E-state index in [4.69, 9.17) is 0 Å². The van der Waals surface area contributed by atoms with E-state index in [-0.39, 0.29) is 24.2 Å². The van der Waals surface area contributed by atoms with Crippen LogP contribution in [0.15, 0.2) is 24.3 Å². The average Bonchev–Trinajstić information content (AvgIpc) is 2.48. The van der Waals surface area contributed by atoms with Gasteiger partial charge in [0.05, 0.1) is 17.6 Å². The number of carbonyl (C=O) groups excluding carboxylic acids is 1. The number of amides is 1. The van der Waals surface area contributed by atoms with Crippen molar-refractivity contribution >= 4 is 39.7 Å². The Balaban J connectivity index is 0.00000288. The molecule has 136 valence electrons. The second kappa shape index (κ2) is 9.25. The molecule has 1 saturated heterocycles. The summed E-state index contributed by atoms with van der Waals surface area (Å²) >= 11 is 0. The molecule has 1 aliphatic rings. The molecular formula is C16H26ClN3O3S. The first-order valence-electron chi connectivity index (χ1n) is 7.92. The zero-order valence-corrected chi connectivity index (χ0v) is 15.7. The Morgan fingerprint density at radius 3 is 2.58 bits per heavy atom. The van der Waals surface area contributed by atoms with Gasteiger partial charge in [-0.2, -0.15) is 0 Å². The number of halogens is 1. The molecule has 0 aliphatic carbocycles. The van der Waals surface area contributed by atoms with Gasteiger partial charge in [0.15, 0.2) is 0 Å². The average molecular weight is 376 g/mol. The number of sulfonamides is 1. The van der Waals surface area contributed by atoms with Crippen LogP contribution in [0.3, 0.4) is 0 Å².